The van der Waals surface area contributed by atoms with Gasteiger partial charge < -0.3 is 10.1 Å². The van der Waals surface area contributed by atoms with E-state index in [9.17, 15) is 29.8 Å². The van der Waals surface area contributed by atoms with Crippen molar-refractivity contribution in [1.82, 2.24) is 0 Å². The number of nitro benzene ring substituents is 2. The second-order valence-corrected chi connectivity index (χ2v) is 5.67. The minimum Gasteiger partial charge on any atom is -0.449 e. The molecule has 10 nitrogen and oxygen atoms in total. The van der Waals surface area contributed by atoms with E-state index < -0.39 is 27.8 Å². The van der Waals surface area contributed by atoms with Crippen molar-refractivity contribution in [2.75, 3.05) is 5.32 Å². The van der Waals surface area contributed by atoms with Crippen molar-refractivity contribution in [2.45, 2.75) is 13.0 Å². The summed E-state index contributed by atoms with van der Waals surface area (Å²) in [6, 6.07) is 8.44. The van der Waals surface area contributed by atoms with Gasteiger partial charge in [-0.1, -0.05) is 17.7 Å². The van der Waals surface area contributed by atoms with Crippen LogP contribution < -0.4 is 5.32 Å². The average Bonchev–Trinajstić information content (AvgIpc) is 2.61. The maximum Gasteiger partial charge on any atom is 0.340 e. The van der Waals surface area contributed by atoms with Crippen LogP contribution in [-0.4, -0.2) is 27.8 Å². The number of carbonyl (C=O) groups excluding carboxylic acids is 2. The Labute approximate surface area is 157 Å². The van der Waals surface area contributed by atoms with Gasteiger partial charge in [0.15, 0.2) is 6.10 Å². The summed E-state index contributed by atoms with van der Waals surface area (Å²) in [5, 5.41) is 23.8. The Bertz CT molecular complexity index is 932. The summed E-state index contributed by atoms with van der Waals surface area (Å²) in [6.45, 7) is 1.27. The van der Waals surface area contributed by atoms with Crippen LogP contribution in [0.15, 0.2) is 42.5 Å². The molecule has 0 aliphatic rings. The van der Waals surface area contributed by atoms with Crippen molar-refractivity contribution in [1.29, 1.82) is 0 Å². The minimum absolute atomic E-state index is 0.0723. The number of nitrogens with zero attached hydrogens (tertiary/aromatic N) is 2. The highest BCUT2D eigenvalue weighted by atomic mass is 35.5. The molecule has 1 atom stereocenters. The molecule has 0 unspecified atom stereocenters. The van der Waals surface area contributed by atoms with E-state index in [0.29, 0.717) is 0 Å². The number of nitrogens with one attached hydrogen (secondary N) is 1. The van der Waals surface area contributed by atoms with E-state index in [4.69, 9.17) is 16.3 Å². The Hall–Kier alpha value is -3.53. The van der Waals surface area contributed by atoms with Crippen molar-refractivity contribution in [3.05, 3.63) is 73.3 Å². The molecule has 0 bridgehead atoms. The smallest absolute Gasteiger partial charge is 0.340 e. The van der Waals surface area contributed by atoms with Crippen LogP contribution in [0.5, 0.6) is 0 Å². The quantitative estimate of drug-likeness (QED) is 0.450. The zero-order valence-electron chi connectivity index (χ0n) is 13.7. The molecule has 1 N–H and O–H groups in total. The van der Waals surface area contributed by atoms with Crippen molar-refractivity contribution in [3.8, 4) is 0 Å². The van der Waals surface area contributed by atoms with E-state index in [2.05, 4.69) is 5.32 Å². The molecular formula is C16H12ClN3O7. The third kappa shape index (κ3) is 4.98. The molecule has 2 aromatic carbocycles. The molecule has 140 valence electrons. The SMILES string of the molecule is C[C@H](OC(=O)c1cc([N+](=O)[O-])ccc1Cl)C(=O)Nc1cccc([N+](=O)[O-])c1. The van der Waals surface area contributed by atoms with Crippen LogP contribution >= 0.6 is 11.6 Å². The number of halogens is 1. The summed E-state index contributed by atoms with van der Waals surface area (Å²) in [5.41, 5.74) is -0.702. The highest BCUT2D eigenvalue weighted by molar-refractivity contribution is 6.33. The van der Waals surface area contributed by atoms with Gasteiger partial charge >= 0.3 is 5.97 Å². The predicted molar refractivity (Wildman–Crippen MR) is 94.7 cm³/mol. The topological polar surface area (TPSA) is 142 Å². The number of nitro groups is 2. The molecular weight excluding hydrogens is 382 g/mol. The molecule has 0 spiro atoms. The molecule has 2 rings (SSSR count). The van der Waals surface area contributed by atoms with Gasteiger partial charge in [-0.2, -0.15) is 0 Å². The van der Waals surface area contributed by atoms with Gasteiger partial charge in [0.05, 0.1) is 20.4 Å². The number of carbonyl (C=O) groups is 2. The number of rotatable bonds is 6. The number of hydrogen-bond donors (Lipinski definition) is 1. The lowest BCUT2D eigenvalue weighted by atomic mass is 10.2. The highest BCUT2D eigenvalue weighted by Gasteiger charge is 2.23. The minimum atomic E-state index is -1.29. The predicted octanol–water partition coefficient (Wildman–Crippen LogP) is 3.34. The number of ether oxygens (including phenoxy) is 1. The van der Waals surface area contributed by atoms with Crippen LogP contribution in [-0.2, 0) is 9.53 Å². The molecule has 0 heterocycles. The maximum absolute atomic E-state index is 12.2. The Morgan fingerprint density at radius 1 is 1.07 bits per heavy atom. The second kappa shape index (κ2) is 8.23. The molecule has 1 amide bonds. The van der Waals surface area contributed by atoms with Gasteiger partial charge in [0, 0.05) is 30.0 Å². The summed E-state index contributed by atoms with van der Waals surface area (Å²) in [7, 11) is 0. The monoisotopic (exact) mass is 393 g/mol. The summed E-state index contributed by atoms with van der Waals surface area (Å²) in [6.07, 6.45) is -1.29. The molecule has 0 aromatic heterocycles. The average molecular weight is 394 g/mol. The van der Waals surface area contributed by atoms with Gasteiger partial charge in [-0.3, -0.25) is 25.0 Å². The normalized spacial score (nSPS) is 11.3. The molecule has 0 radical (unpaired) electrons. The Morgan fingerprint density at radius 2 is 1.70 bits per heavy atom. The molecule has 27 heavy (non-hydrogen) atoms. The van der Waals surface area contributed by atoms with E-state index in [0.717, 1.165) is 18.2 Å². The van der Waals surface area contributed by atoms with Crippen LogP contribution in [0.2, 0.25) is 5.02 Å². The first-order valence-electron chi connectivity index (χ1n) is 7.39. The number of non-ortho nitro benzene ring substituents is 2. The Kier molecular flexibility index (Phi) is 6.03. The fraction of sp³-hybridized carbons (Fsp3) is 0.125. The van der Waals surface area contributed by atoms with Crippen LogP contribution in [0.1, 0.15) is 17.3 Å². The van der Waals surface area contributed by atoms with Gasteiger partial charge in [0.25, 0.3) is 17.3 Å². The fourth-order valence-electron chi connectivity index (χ4n) is 2.00. The summed E-state index contributed by atoms with van der Waals surface area (Å²) in [4.78, 5) is 44.5. The first-order chi connectivity index (χ1) is 12.7. The van der Waals surface area contributed by atoms with E-state index in [1.54, 1.807) is 0 Å². The van der Waals surface area contributed by atoms with Crippen LogP contribution in [0, 0.1) is 20.2 Å². The van der Waals surface area contributed by atoms with Crippen molar-refractivity contribution in [2.24, 2.45) is 0 Å². The summed E-state index contributed by atoms with van der Waals surface area (Å²) in [5.74, 6) is -1.77. The number of hydrogen-bond acceptors (Lipinski definition) is 7. The molecule has 0 aliphatic carbocycles. The summed E-state index contributed by atoms with van der Waals surface area (Å²) < 4.78 is 4.97. The van der Waals surface area contributed by atoms with Gasteiger partial charge in [0.1, 0.15) is 0 Å². The van der Waals surface area contributed by atoms with E-state index >= 15 is 0 Å². The van der Waals surface area contributed by atoms with Crippen LogP contribution in [0.4, 0.5) is 17.1 Å². The zero-order chi connectivity index (χ0) is 20.1. The second-order valence-electron chi connectivity index (χ2n) is 5.27. The Balaban J connectivity index is 2.09. The van der Waals surface area contributed by atoms with Gasteiger partial charge in [-0.15, -0.1) is 0 Å². The number of esters is 1. The first-order valence-corrected chi connectivity index (χ1v) is 7.77. The molecule has 0 fully saturated rings. The standard InChI is InChI=1S/C16H12ClN3O7/c1-9(15(21)18-10-3-2-4-11(7-10)19(23)24)27-16(22)13-8-12(20(25)26)5-6-14(13)17/h2-9H,1H3,(H,18,21)/t9-/m0/s1. The zero-order valence-corrected chi connectivity index (χ0v) is 14.5. The van der Waals surface area contributed by atoms with E-state index in [-0.39, 0.29) is 27.6 Å². The number of anilines is 1. The van der Waals surface area contributed by atoms with E-state index in [1.165, 1.54) is 31.2 Å². The Morgan fingerprint density at radius 3 is 2.33 bits per heavy atom. The van der Waals surface area contributed by atoms with Crippen molar-refractivity contribution < 1.29 is 24.2 Å². The number of benzene rings is 2. The largest absolute Gasteiger partial charge is 0.449 e. The number of amides is 1. The molecule has 11 heteroatoms. The van der Waals surface area contributed by atoms with Crippen molar-refractivity contribution in [3.63, 3.8) is 0 Å². The van der Waals surface area contributed by atoms with Crippen LogP contribution in [0.25, 0.3) is 0 Å². The lowest BCUT2D eigenvalue weighted by molar-refractivity contribution is -0.385. The first kappa shape index (κ1) is 19.8. The lowest BCUT2D eigenvalue weighted by Crippen LogP contribution is -2.30. The van der Waals surface area contributed by atoms with E-state index in [1.807, 2.05) is 0 Å². The highest BCUT2D eigenvalue weighted by Crippen LogP contribution is 2.23. The molecule has 0 saturated heterocycles. The fourth-order valence-corrected chi connectivity index (χ4v) is 2.20. The third-order valence-electron chi connectivity index (χ3n) is 3.36. The molecule has 2 aromatic rings. The van der Waals surface area contributed by atoms with Gasteiger partial charge in [-0.05, 0) is 19.1 Å². The van der Waals surface area contributed by atoms with Gasteiger partial charge in [-0.25, -0.2) is 4.79 Å². The maximum atomic E-state index is 12.2. The van der Waals surface area contributed by atoms with Crippen LogP contribution in [0.3, 0.4) is 0 Å². The third-order valence-corrected chi connectivity index (χ3v) is 3.69. The van der Waals surface area contributed by atoms with Crippen molar-refractivity contribution >= 4 is 40.5 Å². The molecule has 0 aliphatic heterocycles. The lowest BCUT2D eigenvalue weighted by Gasteiger charge is -2.14. The van der Waals surface area contributed by atoms with Gasteiger partial charge in [0.2, 0.25) is 0 Å². The molecule has 0 saturated carbocycles. The summed E-state index contributed by atoms with van der Waals surface area (Å²) >= 11 is 5.85.